The Morgan fingerprint density at radius 1 is 1.20 bits per heavy atom. The zero-order valence-corrected chi connectivity index (χ0v) is 14.6. The van der Waals surface area contributed by atoms with E-state index in [4.69, 9.17) is 4.74 Å². The van der Waals surface area contributed by atoms with Gasteiger partial charge in [-0.2, -0.15) is 0 Å². The van der Waals surface area contributed by atoms with Gasteiger partial charge in [-0.25, -0.2) is 0 Å². The zero-order chi connectivity index (χ0) is 17.4. The summed E-state index contributed by atoms with van der Waals surface area (Å²) in [7, 11) is 0. The lowest BCUT2D eigenvalue weighted by Crippen LogP contribution is -2.47. The van der Waals surface area contributed by atoms with Crippen LogP contribution in [-0.4, -0.2) is 67.0 Å². The summed E-state index contributed by atoms with van der Waals surface area (Å²) in [6.45, 7) is 7.15. The molecule has 3 aliphatic heterocycles. The Bertz CT molecular complexity index is 672. The number of ether oxygens (including phenoxy) is 1. The third kappa shape index (κ3) is 3.16. The number of morpholine rings is 1. The van der Waals surface area contributed by atoms with Gasteiger partial charge < -0.3 is 15.0 Å². The Kier molecular flexibility index (Phi) is 4.48. The van der Waals surface area contributed by atoms with E-state index < -0.39 is 0 Å². The van der Waals surface area contributed by atoms with Crippen LogP contribution < -0.4 is 5.32 Å². The molecule has 3 atom stereocenters. The summed E-state index contributed by atoms with van der Waals surface area (Å²) in [6.07, 6.45) is 0.239. The Morgan fingerprint density at radius 2 is 1.96 bits per heavy atom. The van der Waals surface area contributed by atoms with E-state index in [0.717, 1.165) is 50.6 Å². The Hall–Kier alpha value is -1.92. The van der Waals surface area contributed by atoms with E-state index in [1.54, 1.807) is 0 Å². The predicted octanol–water partition coefficient (Wildman–Crippen LogP) is 1.29. The van der Waals surface area contributed by atoms with Crippen LogP contribution in [0.1, 0.15) is 24.8 Å². The lowest BCUT2D eigenvalue weighted by molar-refractivity contribution is -0.134. The smallest absolute Gasteiger partial charge is 0.230 e. The lowest BCUT2D eigenvalue weighted by Gasteiger charge is -2.34. The van der Waals surface area contributed by atoms with Crippen molar-refractivity contribution in [1.29, 1.82) is 0 Å². The number of benzene rings is 1. The third-order valence-corrected chi connectivity index (χ3v) is 5.70. The highest BCUT2D eigenvalue weighted by molar-refractivity contribution is 6.01. The van der Waals surface area contributed by atoms with Gasteiger partial charge in [0.2, 0.25) is 11.8 Å². The highest BCUT2D eigenvalue weighted by atomic mass is 16.5. The van der Waals surface area contributed by atoms with Gasteiger partial charge >= 0.3 is 0 Å². The molecule has 0 bridgehead atoms. The fourth-order valence-electron chi connectivity index (χ4n) is 4.37. The summed E-state index contributed by atoms with van der Waals surface area (Å²) >= 11 is 0. The van der Waals surface area contributed by atoms with Crippen LogP contribution in [0.3, 0.4) is 0 Å². The summed E-state index contributed by atoms with van der Waals surface area (Å²) in [5.74, 6) is 0.0919. The van der Waals surface area contributed by atoms with Gasteiger partial charge in [-0.3, -0.25) is 14.5 Å². The molecule has 1 aromatic carbocycles. The van der Waals surface area contributed by atoms with E-state index in [1.165, 1.54) is 0 Å². The molecule has 0 unspecified atom stereocenters. The SMILES string of the molecule is C[C@@H]1CN(C(=O)[C@@H]2CC(=O)Nc3ccccc32)C[C@H]1N1CCOCC1. The van der Waals surface area contributed by atoms with Gasteiger partial charge in [0.05, 0.1) is 19.1 Å². The van der Waals surface area contributed by atoms with Crippen molar-refractivity contribution in [3.8, 4) is 0 Å². The molecule has 2 fully saturated rings. The largest absolute Gasteiger partial charge is 0.379 e. The fourth-order valence-corrected chi connectivity index (χ4v) is 4.37. The van der Waals surface area contributed by atoms with Gasteiger partial charge in [-0.1, -0.05) is 25.1 Å². The molecule has 0 aliphatic carbocycles. The summed E-state index contributed by atoms with van der Waals surface area (Å²) in [5.41, 5.74) is 1.71. The minimum absolute atomic E-state index is 0.0750. The quantitative estimate of drug-likeness (QED) is 0.879. The van der Waals surface area contributed by atoms with E-state index in [1.807, 2.05) is 29.2 Å². The first-order chi connectivity index (χ1) is 12.1. The summed E-state index contributed by atoms with van der Waals surface area (Å²) in [4.78, 5) is 29.6. The minimum Gasteiger partial charge on any atom is -0.379 e. The predicted molar refractivity (Wildman–Crippen MR) is 94.4 cm³/mol. The van der Waals surface area contributed by atoms with Crippen LogP contribution >= 0.6 is 0 Å². The normalized spacial score (nSPS) is 30.0. The molecule has 134 valence electrons. The van der Waals surface area contributed by atoms with Gasteiger partial charge in [0, 0.05) is 44.3 Å². The molecule has 1 aromatic rings. The average molecular weight is 343 g/mol. The first-order valence-corrected chi connectivity index (χ1v) is 9.13. The maximum atomic E-state index is 13.2. The Labute approximate surface area is 148 Å². The number of likely N-dealkylation sites (tertiary alicyclic amines) is 1. The molecule has 6 nitrogen and oxygen atoms in total. The maximum Gasteiger partial charge on any atom is 0.230 e. The molecule has 1 N–H and O–H groups in total. The number of amides is 2. The van der Waals surface area contributed by atoms with Crippen molar-refractivity contribution in [2.75, 3.05) is 44.7 Å². The number of anilines is 1. The van der Waals surface area contributed by atoms with Crippen molar-refractivity contribution in [1.82, 2.24) is 9.80 Å². The van der Waals surface area contributed by atoms with Crippen LogP contribution in [0.4, 0.5) is 5.69 Å². The van der Waals surface area contributed by atoms with Crippen molar-refractivity contribution in [3.63, 3.8) is 0 Å². The summed E-state index contributed by atoms with van der Waals surface area (Å²) in [5, 5.41) is 2.87. The number of carbonyl (C=O) groups is 2. The number of fused-ring (bicyclic) bond motifs is 1. The standard InChI is InChI=1S/C19H25N3O3/c1-13-11-22(12-17(13)21-6-8-25-9-7-21)19(24)15-10-18(23)20-16-5-3-2-4-14(15)16/h2-5,13,15,17H,6-12H2,1H3,(H,20,23)/t13-,15-,17-/m1/s1. The molecule has 3 aliphatic rings. The number of hydrogen-bond donors (Lipinski definition) is 1. The molecule has 0 radical (unpaired) electrons. The minimum atomic E-state index is -0.361. The topological polar surface area (TPSA) is 61.9 Å². The van der Waals surface area contributed by atoms with E-state index in [-0.39, 0.29) is 24.2 Å². The molecule has 6 heteroatoms. The Morgan fingerprint density at radius 3 is 2.76 bits per heavy atom. The van der Waals surface area contributed by atoms with Crippen LogP contribution in [0.2, 0.25) is 0 Å². The summed E-state index contributed by atoms with van der Waals surface area (Å²) in [6, 6.07) is 8.03. The molecule has 25 heavy (non-hydrogen) atoms. The van der Waals surface area contributed by atoms with Crippen molar-refractivity contribution >= 4 is 17.5 Å². The van der Waals surface area contributed by atoms with Crippen molar-refractivity contribution < 1.29 is 14.3 Å². The monoisotopic (exact) mass is 343 g/mol. The van der Waals surface area contributed by atoms with Gasteiger partial charge in [0.15, 0.2) is 0 Å². The molecule has 0 saturated carbocycles. The van der Waals surface area contributed by atoms with Gasteiger partial charge in [-0.15, -0.1) is 0 Å². The number of para-hydroxylation sites is 1. The molecule has 2 amide bonds. The van der Waals surface area contributed by atoms with Crippen LogP contribution in [0, 0.1) is 5.92 Å². The van der Waals surface area contributed by atoms with E-state index in [9.17, 15) is 9.59 Å². The first-order valence-electron chi connectivity index (χ1n) is 9.13. The summed E-state index contributed by atoms with van der Waals surface area (Å²) < 4.78 is 5.45. The van der Waals surface area contributed by atoms with Crippen LogP contribution in [0.25, 0.3) is 0 Å². The average Bonchev–Trinajstić information content (AvgIpc) is 3.03. The molecule has 0 spiro atoms. The molecular weight excluding hydrogens is 318 g/mol. The molecule has 2 saturated heterocycles. The van der Waals surface area contributed by atoms with Gasteiger partial charge in [0.1, 0.15) is 0 Å². The Balaban J connectivity index is 1.51. The molecular formula is C19H25N3O3. The van der Waals surface area contributed by atoms with E-state index >= 15 is 0 Å². The van der Waals surface area contributed by atoms with Crippen LogP contribution in [0.15, 0.2) is 24.3 Å². The second-order valence-electron chi connectivity index (χ2n) is 7.33. The van der Waals surface area contributed by atoms with Crippen molar-refractivity contribution in [2.24, 2.45) is 5.92 Å². The van der Waals surface area contributed by atoms with Crippen molar-refractivity contribution in [3.05, 3.63) is 29.8 Å². The maximum absolute atomic E-state index is 13.2. The second kappa shape index (κ2) is 6.77. The first kappa shape index (κ1) is 16.5. The number of hydrogen-bond acceptors (Lipinski definition) is 4. The zero-order valence-electron chi connectivity index (χ0n) is 14.6. The molecule has 4 rings (SSSR count). The fraction of sp³-hybridized carbons (Fsp3) is 0.579. The van der Waals surface area contributed by atoms with Gasteiger partial charge in [0.25, 0.3) is 0 Å². The van der Waals surface area contributed by atoms with Crippen LogP contribution in [0.5, 0.6) is 0 Å². The third-order valence-electron chi connectivity index (χ3n) is 5.70. The molecule has 0 aromatic heterocycles. The van der Waals surface area contributed by atoms with Crippen LogP contribution in [-0.2, 0) is 14.3 Å². The number of carbonyl (C=O) groups excluding carboxylic acids is 2. The number of nitrogens with one attached hydrogen (secondary N) is 1. The highest BCUT2D eigenvalue weighted by Crippen LogP contribution is 2.35. The van der Waals surface area contributed by atoms with E-state index in [2.05, 4.69) is 17.1 Å². The van der Waals surface area contributed by atoms with Gasteiger partial charge in [-0.05, 0) is 17.5 Å². The molecule has 3 heterocycles. The number of nitrogens with zero attached hydrogens (tertiary/aromatic N) is 2. The number of rotatable bonds is 2. The van der Waals surface area contributed by atoms with E-state index in [0.29, 0.717) is 12.0 Å². The lowest BCUT2D eigenvalue weighted by atomic mass is 9.89. The van der Waals surface area contributed by atoms with Crippen molar-refractivity contribution in [2.45, 2.75) is 25.3 Å². The highest BCUT2D eigenvalue weighted by Gasteiger charge is 2.40. The second-order valence-corrected chi connectivity index (χ2v) is 7.33.